The first-order valence-corrected chi connectivity index (χ1v) is 4.75. The van der Waals surface area contributed by atoms with E-state index in [2.05, 4.69) is 21.2 Å². The maximum atomic E-state index is 11.9. The Kier molecular flexibility index (Phi) is 4.18. The van der Waals surface area contributed by atoms with Crippen LogP contribution in [-0.4, -0.2) is 24.4 Å². The molecule has 0 aliphatic rings. The van der Waals surface area contributed by atoms with E-state index in [9.17, 15) is 4.39 Å². The fourth-order valence-electron chi connectivity index (χ4n) is 0.887. The van der Waals surface area contributed by atoms with Gasteiger partial charge in [-0.25, -0.2) is 4.39 Å². The molecule has 72 valence electrons. The van der Waals surface area contributed by atoms with Gasteiger partial charge in [0.25, 0.3) is 0 Å². The number of para-hydroxylation sites is 1. The number of rotatable bonds is 4. The minimum absolute atomic E-state index is 0.221. The molecular weight excluding hydrogens is 237 g/mol. The van der Waals surface area contributed by atoms with E-state index in [1.807, 2.05) is 24.3 Å². The van der Waals surface area contributed by atoms with Crippen LogP contribution in [0, 0.1) is 0 Å². The first-order chi connectivity index (χ1) is 6.24. The summed E-state index contributed by atoms with van der Waals surface area (Å²) < 4.78 is 12.8. The highest BCUT2D eigenvalue weighted by atomic mass is 79.9. The normalized spacial score (nSPS) is 12.5. The number of aliphatic hydroxyl groups is 1. The summed E-state index contributed by atoms with van der Waals surface area (Å²) in [6, 6.07) is 7.50. The van der Waals surface area contributed by atoms with Crippen molar-refractivity contribution >= 4 is 21.6 Å². The highest BCUT2D eigenvalue weighted by Crippen LogP contribution is 2.20. The summed E-state index contributed by atoms with van der Waals surface area (Å²) in [5, 5.41) is 11.9. The van der Waals surface area contributed by atoms with Crippen LogP contribution in [0.3, 0.4) is 0 Å². The highest BCUT2D eigenvalue weighted by Gasteiger charge is 2.03. The molecule has 0 radical (unpaired) electrons. The summed E-state index contributed by atoms with van der Waals surface area (Å²) in [5.74, 6) is 0. The maximum absolute atomic E-state index is 11.9. The highest BCUT2D eigenvalue weighted by molar-refractivity contribution is 9.10. The van der Waals surface area contributed by atoms with E-state index in [1.165, 1.54) is 0 Å². The van der Waals surface area contributed by atoms with Crippen LogP contribution in [-0.2, 0) is 0 Å². The van der Waals surface area contributed by atoms with E-state index in [4.69, 9.17) is 5.11 Å². The second-order valence-corrected chi connectivity index (χ2v) is 3.52. The molecule has 2 N–H and O–H groups in total. The number of anilines is 1. The van der Waals surface area contributed by atoms with Crippen LogP contribution in [0.15, 0.2) is 28.7 Å². The summed E-state index contributed by atoms with van der Waals surface area (Å²) in [5.41, 5.74) is 0.856. The second-order valence-electron chi connectivity index (χ2n) is 2.67. The van der Waals surface area contributed by atoms with Gasteiger partial charge in [0.15, 0.2) is 0 Å². The van der Waals surface area contributed by atoms with Gasteiger partial charge in [0, 0.05) is 16.7 Å². The molecule has 0 aliphatic heterocycles. The van der Waals surface area contributed by atoms with Gasteiger partial charge in [0.2, 0.25) is 0 Å². The minimum atomic E-state index is -0.938. The molecule has 1 aromatic rings. The predicted octanol–water partition coefficient (Wildman–Crippen LogP) is 2.19. The number of halogens is 2. The monoisotopic (exact) mass is 247 g/mol. The van der Waals surface area contributed by atoms with Crippen molar-refractivity contribution in [2.24, 2.45) is 0 Å². The Hall–Kier alpha value is -0.610. The van der Waals surface area contributed by atoms with E-state index in [-0.39, 0.29) is 6.54 Å². The van der Waals surface area contributed by atoms with Crippen molar-refractivity contribution in [1.82, 2.24) is 0 Å². The van der Waals surface area contributed by atoms with Crippen LogP contribution in [0.4, 0.5) is 10.1 Å². The molecule has 0 heterocycles. The summed E-state index contributed by atoms with van der Waals surface area (Å²) in [6.45, 7) is -0.503. The van der Waals surface area contributed by atoms with Crippen molar-refractivity contribution < 1.29 is 9.50 Å². The maximum Gasteiger partial charge on any atom is 0.117 e. The molecule has 0 aliphatic carbocycles. The van der Waals surface area contributed by atoms with Crippen molar-refractivity contribution in [2.45, 2.75) is 6.10 Å². The Morgan fingerprint density at radius 2 is 2.15 bits per heavy atom. The van der Waals surface area contributed by atoms with E-state index < -0.39 is 12.8 Å². The molecule has 1 unspecified atom stereocenters. The lowest BCUT2D eigenvalue weighted by Gasteiger charge is -2.10. The molecule has 1 aromatic carbocycles. The van der Waals surface area contributed by atoms with Crippen LogP contribution in [0.2, 0.25) is 0 Å². The van der Waals surface area contributed by atoms with Gasteiger partial charge < -0.3 is 10.4 Å². The lowest BCUT2D eigenvalue weighted by molar-refractivity contribution is 0.151. The van der Waals surface area contributed by atoms with Crippen LogP contribution in [0.25, 0.3) is 0 Å². The van der Waals surface area contributed by atoms with Crippen molar-refractivity contribution in [3.63, 3.8) is 0 Å². The first-order valence-electron chi connectivity index (χ1n) is 3.96. The zero-order valence-corrected chi connectivity index (χ0v) is 8.59. The summed E-state index contributed by atoms with van der Waals surface area (Å²) in [6.07, 6.45) is -0.938. The van der Waals surface area contributed by atoms with Gasteiger partial charge in [-0.15, -0.1) is 0 Å². The van der Waals surface area contributed by atoms with Gasteiger partial charge in [-0.2, -0.15) is 0 Å². The Bertz CT molecular complexity index is 270. The fourth-order valence-corrected chi connectivity index (χ4v) is 1.31. The van der Waals surface area contributed by atoms with Gasteiger partial charge >= 0.3 is 0 Å². The quantitative estimate of drug-likeness (QED) is 0.856. The third kappa shape index (κ3) is 3.32. The van der Waals surface area contributed by atoms with E-state index >= 15 is 0 Å². The van der Waals surface area contributed by atoms with Crippen LogP contribution in [0.5, 0.6) is 0 Å². The van der Waals surface area contributed by atoms with E-state index in [0.717, 1.165) is 10.2 Å². The van der Waals surface area contributed by atoms with Gasteiger partial charge in [-0.3, -0.25) is 0 Å². The number of benzene rings is 1. The Morgan fingerprint density at radius 3 is 2.77 bits per heavy atom. The number of hydrogen-bond acceptors (Lipinski definition) is 2. The number of nitrogens with one attached hydrogen (secondary N) is 1. The number of alkyl halides is 1. The molecule has 0 aromatic heterocycles. The average molecular weight is 248 g/mol. The van der Waals surface area contributed by atoms with E-state index in [0.29, 0.717) is 0 Å². The molecule has 0 spiro atoms. The molecule has 1 atom stereocenters. The van der Waals surface area contributed by atoms with Crippen molar-refractivity contribution in [2.75, 3.05) is 18.5 Å². The fraction of sp³-hybridized carbons (Fsp3) is 0.333. The molecule has 0 amide bonds. The molecule has 13 heavy (non-hydrogen) atoms. The van der Waals surface area contributed by atoms with E-state index in [1.54, 1.807) is 0 Å². The standard InChI is InChI=1S/C9H11BrFNO/c10-8-3-1-2-4-9(8)12-6-7(13)5-11/h1-4,7,12-13H,5-6H2. The number of hydrogen-bond donors (Lipinski definition) is 2. The molecule has 1 rings (SSSR count). The zero-order chi connectivity index (χ0) is 9.68. The molecule has 4 heteroatoms. The third-order valence-electron chi connectivity index (χ3n) is 1.58. The molecular formula is C9H11BrFNO. The first kappa shape index (κ1) is 10.5. The van der Waals surface area contributed by atoms with Gasteiger partial charge in [-0.1, -0.05) is 12.1 Å². The Balaban J connectivity index is 2.50. The largest absolute Gasteiger partial charge is 0.389 e. The Labute approximate surface area is 84.9 Å². The van der Waals surface area contributed by atoms with Gasteiger partial charge in [0.05, 0.1) is 6.10 Å². The Morgan fingerprint density at radius 1 is 1.46 bits per heavy atom. The second kappa shape index (κ2) is 5.19. The number of aliphatic hydroxyl groups excluding tert-OH is 1. The summed E-state index contributed by atoms with van der Waals surface area (Å²) in [7, 11) is 0. The predicted molar refractivity (Wildman–Crippen MR) is 54.6 cm³/mol. The topological polar surface area (TPSA) is 32.3 Å². The molecule has 0 bridgehead atoms. The van der Waals surface area contributed by atoms with Crippen LogP contribution < -0.4 is 5.32 Å². The van der Waals surface area contributed by atoms with Gasteiger partial charge in [0.1, 0.15) is 6.67 Å². The molecule has 2 nitrogen and oxygen atoms in total. The lowest BCUT2D eigenvalue weighted by Crippen LogP contribution is -2.21. The minimum Gasteiger partial charge on any atom is -0.389 e. The SMILES string of the molecule is OC(CF)CNc1ccccc1Br. The smallest absolute Gasteiger partial charge is 0.117 e. The van der Waals surface area contributed by atoms with Crippen LogP contribution in [0.1, 0.15) is 0 Å². The lowest BCUT2D eigenvalue weighted by atomic mass is 10.3. The molecule has 0 fully saturated rings. The summed E-state index contributed by atoms with van der Waals surface area (Å²) in [4.78, 5) is 0. The van der Waals surface area contributed by atoms with Crippen molar-refractivity contribution in [3.8, 4) is 0 Å². The zero-order valence-electron chi connectivity index (χ0n) is 7.00. The molecule has 0 saturated heterocycles. The van der Waals surface area contributed by atoms with Gasteiger partial charge in [-0.05, 0) is 28.1 Å². The van der Waals surface area contributed by atoms with Crippen molar-refractivity contribution in [3.05, 3.63) is 28.7 Å². The molecule has 0 saturated carbocycles. The third-order valence-corrected chi connectivity index (χ3v) is 2.27. The summed E-state index contributed by atoms with van der Waals surface area (Å²) >= 11 is 3.33. The van der Waals surface area contributed by atoms with Crippen LogP contribution >= 0.6 is 15.9 Å². The van der Waals surface area contributed by atoms with Crippen molar-refractivity contribution in [1.29, 1.82) is 0 Å². The average Bonchev–Trinajstić information content (AvgIpc) is 2.16.